The summed E-state index contributed by atoms with van der Waals surface area (Å²) in [7, 11) is 0. The van der Waals surface area contributed by atoms with Crippen LogP contribution >= 0.6 is 0 Å². The Bertz CT molecular complexity index is 1060. The molecule has 8 heteroatoms. The lowest BCUT2D eigenvalue weighted by Gasteiger charge is -2.37. The van der Waals surface area contributed by atoms with E-state index in [1.807, 2.05) is 11.0 Å². The first-order valence-electron chi connectivity index (χ1n) is 11.2. The van der Waals surface area contributed by atoms with E-state index in [4.69, 9.17) is 0 Å². The number of nitro groups is 1. The monoisotopic (exact) mass is 434 g/mol. The Morgan fingerprint density at radius 2 is 1.62 bits per heavy atom. The second-order valence-electron chi connectivity index (χ2n) is 8.80. The summed E-state index contributed by atoms with van der Waals surface area (Å²) in [5.74, 6) is -0.238. The molecule has 32 heavy (non-hydrogen) atoms. The molecule has 2 amide bonds. The second kappa shape index (κ2) is 8.26. The first kappa shape index (κ1) is 20.5. The Hall–Kier alpha value is -3.42. The number of carbonyl (C=O) groups excluding carboxylic acids is 2. The van der Waals surface area contributed by atoms with E-state index in [1.54, 1.807) is 17.0 Å². The van der Waals surface area contributed by atoms with E-state index in [9.17, 15) is 19.7 Å². The summed E-state index contributed by atoms with van der Waals surface area (Å²) in [5.41, 5.74) is 4.60. The first-order chi connectivity index (χ1) is 15.5. The smallest absolute Gasteiger partial charge is 0.269 e. The number of nitro benzene ring substituents is 1. The highest BCUT2D eigenvalue weighted by Gasteiger charge is 2.38. The summed E-state index contributed by atoms with van der Waals surface area (Å²) in [6.45, 7) is 2.94. The van der Waals surface area contributed by atoms with E-state index in [2.05, 4.69) is 17.0 Å². The molecule has 2 aromatic rings. The molecule has 2 fully saturated rings. The van der Waals surface area contributed by atoms with Crippen LogP contribution in [-0.4, -0.2) is 54.4 Å². The summed E-state index contributed by atoms with van der Waals surface area (Å²) in [4.78, 5) is 42.0. The maximum absolute atomic E-state index is 13.1. The Labute approximate surface area is 186 Å². The third-order valence-corrected chi connectivity index (χ3v) is 6.89. The molecule has 0 spiro atoms. The highest BCUT2D eigenvalue weighted by molar-refractivity contribution is 6.00. The van der Waals surface area contributed by atoms with Gasteiger partial charge in [0.15, 0.2) is 0 Å². The topological polar surface area (TPSA) is 87.0 Å². The quantitative estimate of drug-likeness (QED) is 0.546. The molecule has 8 nitrogen and oxygen atoms in total. The number of hydrogen-bond acceptors (Lipinski definition) is 5. The van der Waals surface area contributed by atoms with Gasteiger partial charge in [0.05, 0.1) is 10.8 Å². The molecule has 0 saturated carbocycles. The number of hydrogen-bond donors (Lipinski definition) is 0. The van der Waals surface area contributed by atoms with Crippen molar-refractivity contribution in [3.05, 3.63) is 63.7 Å². The number of benzene rings is 2. The van der Waals surface area contributed by atoms with E-state index in [-0.39, 0.29) is 29.8 Å². The summed E-state index contributed by atoms with van der Waals surface area (Å²) in [6, 6.07) is 12.8. The van der Waals surface area contributed by atoms with Crippen LogP contribution < -0.4 is 9.80 Å². The largest absolute Gasteiger partial charge is 0.368 e. The summed E-state index contributed by atoms with van der Waals surface area (Å²) < 4.78 is 0. The van der Waals surface area contributed by atoms with Crippen LogP contribution in [-0.2, 0) is 22.4 Å². The van der Waals surface area contributed by atoms with E-state index < -0.39 is 4.92 Å². The van der Waals surface area contributed by atoms with Crippen LogP contribution in [0.2, 0.25) is 0 Å². The molecule has 2 aromatic carbocycles. The van der Waals surface area contributed by atoms with Crippen molar-refractivity contribution in [2.24, 2.45) is 5.92 Å². The van der Waals surface area contributed by atoms with Crippen molar-refractivity contribution in [1.82, 2.24) is 4.90 Å². The van der Waals surface area contributed by atoms with Crippen LogP contribution in [0.4, 0.5) is 17.1 Å². The molecule has 0 radical (unpaired) electrons. The van der Waals surface area contributed by atoms with Crippen molar-refractivity contribution in [2.75, 3.05) is 42.5 Å². The van der Waals surface area contributed by atoms with Gasteiger partial charge in [-0.15, -0.1) is 0 Å². The fourth-order valence-corrected chi connectivity index (χ4v) is 5.08. The average molecular weight is 434 g/mol. The summed E-state index contributed by atoms with van der Waals surface area (Å²) in [5, 5.41) is 10.8. The van der Waals surface area contributed by atoms with Gasteiger partial charge in [0.2, 0.25) is 11.8 Å². The molecule has 2 saturated heterocycles. The van der Waals surface area contributed by atoms with Gasteiger partial charge in [-0.05, 0) is 54.7 Å². The summed E-state index contributed by atoms with van der Waals surface area (Å²) in [6.07, 6.45) is 3.60. The standard InChI is InChI=1S/C24H26N4O4/c29-23-15-19(16-27(23)22-5-4-17-2-1-3-18(17)14-22)24(30)26-12-10-25(11-13-26)20-6-8-21(9-7-20)28(31)32/h4-9,14,19H,1-3,10-13,15-16H2. The Morgan fingerprint density at radius 1 is 0.938 bits per heavy atom. The molecule has 0 aromatic heterocycles. The first-order valence-corrected chi connectivity index (χ1v) is 11.2. The predicted octanol–water partition coefficient (Wildman–Crippen LogP) is 2.79. The van der Waals surface area contributed by atoms with Crippen LogP contribution in [0.5, 0.6) is 0 Å². The molecule has 1 aliphatic carbocycles. The van der Waals surface area contributed by atoms with E-state index >= 15 is 0 Å². The number of carbonyl (C=O) groups is 2. The SMILES string of the molecule is O=C(C1CC(=O)N(c2ccc3c(c2)CCC3)C1)N1CCN(c2ccc([N+](=O)[O-])cc2)CC1. The third-order valence-electron chi connectivity index (χ3n) is 6.89. The number of aryl methyl sites for hydroxylation is 2. The number of piperazine rings is 1. The molecule has 3 aliphatic rings. The Morgan fingerprint density at radius 3 is 2.34 bits per heavy atom. The molecule has 0 bridgehead atoms. The van der Waals surface area contributed by atoms with Crippen LogP contribution in [0.15, 0.2) is 42.5 Å². The molecule has 2 aliphatic heterocycles. The van der Waals surface area contributed by atoms with Crippen LogP contribution in [0, 0.1) is 16.0 Å². The predicted molar refractivity (Wildman–Crippen MR) is 121 cm³/mol. The maximum atomic E-state index is 13.1. The van der Waals surface area contributed by atoms with Crippen molar-refractivity contribution < 1.29 is 14.5 Å². The van der Waals surface area contributed by atoms with Gasteiger partial charge in [-0.2, -0.15) is 0 Å². The number of fused-ring (bicyclic) bond motifs is 1. The zero-order valence-electron chi connectivity index (χ0n) is 17.9. The van der Waals surface area contributed by atoms with Crippen molar-refractivity contribution in [3.8, 4) is 0 Å². The van der Waals surface area contributed by atoms with E-state index in [0.29, 0.717) is 32.7 Å². The molecule has 5 rings (SSSR count). The normalized spacial score (nSPS) is 20.6. The van der Waals surface area contributed by atoms with E-state index in [1.165, 1.54) is 29.7 Å². The average Bonchev–Trinajstić information content (AvgIpc) is 3.44. The molecule has 166 valence electrons. The van der Waals surface area contributed by atoms with Gasteiger partial charge in [0.25, 0.3) is 5.69 Å². The molecule has 1 unspecified atom stereocenters. The Kier molecular flexibility index (Phi) is 5.28. The van der Waals surface area contributed by atoms with Gasteiger partial charge in [-0.25, -0.2) is 0 Å². The van der Waals surface area contributed by atoms with Gasteiger partial charge in [0, 0.05) is 62.7 Å². The number of anilines is 2. The molecule has 2 heterocycles. The van der Waals surface area contributed by atoms with Gasteiger partial charge in [0.1, 0.15) is 0 Å². The van der Waals surface area contributed by atoms with Crippen molar-refractivity contribution in [3.63, 3.8) is 0 Å². The van der Waals surface area contributed by atoms with Crippen LogP contribution in [0.25, 0.3) is 0 Å². The molecule has 0 N–H and O–H groups in total. The van der Waals surface area contributed by atoms with Gasteiger partial charge >= 0.3 is 0 Å². The molecule has 1 atom stereocenters. The molecular formula is C24H26N4O4. The zero-order chi connectivity index (χ0) is 22.2. The lowest BCUT2D eigenvalue weighted by molar-refractivity contribution is -0.384. The maximum Gasteiger partial charge on any atom is 0.269 e. The highest BCUT2D eigenvalue weighted by Crippen LogP contribution is 2.31. The van der Waals surface area contributed by atoms with Gasteiger partial charge < -0.3 is 14.7 Å². The minimum atomic E-state index is -0.407. The highest BCUT2D eigenvalue weighted by atomic mass is 16.6. The van der Waals surface area contributed by atoms with Crippen molar-refractivity contribution in [2.45, 2.75) is 25.7 Å². The lowest BCUT2D eigenvalue weighted by atomic mass is 10.1. The van der Waals surface area contributed by atoms with Crippen LogP contribution in [0.1, 0.15) is 24.0 Å². The fraction of sp³-hybridized carbons (Fsp3) is 0.417. The minimum absolute atomic E-state index is 0.0193. The minimum Gasteiger partial charge on any atom is -0.368 e. The second-order valence-corrected chi connectivity index (χ2v) is 8.80. The summed E-state index contributed by atoms with van der Waals surface area (Å²) >= 11 is 0. The third kappa shape index (κ3) is 3.81. The fourth-order valence-electron chi connectivity index (χ4n) is 5.08. The van der Waals surface area contributed by atoms with Gasteiger partial charge in [-0.3, -0.25) is 19.7 Å². The Balaban J connectivity index is 1.19. The van der Waals surface area contributed by atoms with E-state index in [0.717, 1.165) is 24.2 Å². The number of nitrogens with zero attached hydrogens (tertiary/aromatic N) is 4. The number of rotatable bonds is 4. The van der Waals surface area contributed by atoms with Crippen molar-refractivity contribution >= 4 is 28.9 Å². The van der Waals surface area contributed by atoms with Gasteiger partial charge in [-0.1, -0.05) is 6.07 Å². The number of non-ortho nitro benzene ring substituents is 1. The zero-order valence-corrected chi connectivity index (χ0v) is 17.9. The van der Waals surface area contributed by atoms with Crippen molar-refractivity contribution in [1.29, 1.82) is 0 Å². The molecular weight excluding hydrogens is 408 g/mol. The number of amides is 2. The van der Waals surface area contributed by atoms with Crippen LogP contribution in [0.3, 0.4) is 0 Å². The lowest BCUT2D eigenvalue weighted by Crippen LogP contribution is -2.50.